The van der Waals surface area contributed by atoms with Crippen molar-refractivity contribution in [3.8, 4) is 0 Å². The summed E-state index contributed by atoms with van der Waals surface area (Å²) >= 11 is 0. The van der Waals surface area contributed by atoms with E-state index in [1.807, 2.05) is 6.92 Å². The van der Waals surface area contributed by atoms with E-state index in [4.69, 9.17) is 4.74 Å². The number of ether oxygens (including phenoxy) is 1. The van der Waals surface area contributed by atoms with E-state index in [1.54, 1.807) is 0 Å². The molecular weight excluding hydrogens is 166 g/mol. The highest BCUT2D eigenvalue weighted by molar-refractivity contribution is 5.73. The van der Waals surface area contributed by atoms with E-state index in [0.29, 0.717) is 12.5 Å². The van der Waals surface area contributed by atoms with Gasteiger partial charge in [-0.05, 0) is 19.9 Å². The van der Waals surface area contributed by atoms with Crippen LogP contribution >= 0.6 is 0 Å². The number of carbonyl (C=O) groups excluding carboxylic acids is 1. The average molecular weight is 185 g/mol. The van der Waals surface area contributed by atoms with Gasteiger partial charge in [0.05, 0.1) is 12.5 Å². The van der Waals surface area contributed by atoms with Crippen molar-refractivity contribution in [1.29, 1.82) is 0 Å². The fraction of sp³-hybridized carbons (Fsp3) is 0.900. The molecule has 1 aliphatic rings. The summed E-state index contributed by atoms with van der Waals surface area (Å²) < 4.78 is 5.04. The molecule has 0 aromatic carbocycles. The lowest BCUT2D eigenvalue weighted by Gasteiger charge is -2.14. The molecule has 1 aliphatic heterocycles. The third-order valence-electron chi connectivity index (χ3n) is 2.74. The molecule has 13 heavy (non-hydrogen) atoms. The number of carbonyl (C=O) groups is 1. The van der Waals surface area contributed by atoms with Gasteiger partial charge in [-0.15, -0.1) is 0 Å². The van der Waals surface area contributed by atoms with Crippen LogP contribution in [0.15, 0.2) is 0 Å². The molecule has 0 aliphatic carbocycles. The zero-order valence-corrected chi connectivity index (χ0v) is 8.75. The third-order valence-corrected chi connectivity index (χ3v) is 2.74. The van der Waals surface area contributed by atoms with Crippen molar-refractivity contribution < 1.29 is 9.53 Å². The normalized spacial score (nSPS) is 29.2. The highest BCUT2D eigenvalue weighted by Crippen LogP contribution is 2.25. The maximum atomic E-state index is 11.5. The Hall–Kier alpha value is -0.570. The molecule has 3 heteroatoms. The van der Waals surface area contributed by atoms with Gasteiger partial charge < -0.3 is 9.64 Å². The maximum absolute atomic E-state index is 11.5. The summed E-state index contributed by atoms with van der Waals surface area (Å²) in [5.74, 6) is 0.581. The standard InChI is InChI=1S/C10H19NO2/c1-4-8-6-11(3)7-9(8)10(12)13-5-2/h8-9H,4-7H2,1-3H3. The van der Waals surface area contributed by atoms with Crippen molar-refractivity contribution in [2.24, 2.45) is 11.8 Å². The lowest BCUT2D eigenvalue weighted by Crippen LogP contribution is -2.24. The van der Waals surface area contributed by atoms with E-state index in [2.05, 4.69) is 18.9 Å². The second-order valence-corrected chi connectivity index (χ2v) is 3.75. The summed E-state index contributed by atoms with van der Waals surface area (Å²) in [6, 6.07) is 0. The predicted octanol–water partition coefficient (Wildman–Crippen LogP) is 1.14. The van der Waals surface area contributed by atoms with Crippen LogP contribution < -0.4 is 0 Å². The molecule has 1 fully saturated rings. The van der Waals surface area contributed by atoms with Crippen molar-refractivity contribution in [3.63, 3.8) is 0 Å². The predicted molar refractivity (Wildman–Crippen MR) is 51.4 cm³/mol. The van der Waals surface area contributed by atoms with Crippen LogP contribution in [0.3, 0.4) is 0 Å². The van der Waals surface area contributed by atoms with Crippen LogP contribution in [0.1, 0.15) is 20.3 Å². The van der Waals surface area contributed by atoms with E-state index in [-0.39, 0.29) is 11.9 Å². The molecule has 0 amide bonds. The van der Waals surface area contributed by atoms with Crippen molar-refractivity contribution in [1.82, 2.24) is 4.90 Å². The van der Waals surface area contributed by atoms with E-state index < -0.39 is 0 Å². The molecular formula is C10H19NO2. The first-order valence-corrected chi connectivity index (χ1v) is 5.04. The summed E-state index contributed by atoms with van der Waals surface area (Å²) in [6.07, 6.45) is 1.06. The van der Waals surface area contributed by atoms with Crippen LogP contribution in [0, 0.1) is 11.8 Å². The van der Waals surface area contributed by atoms with Gasteiger partial charge in [-0.2, -0.15) is 0 Å². The van der Waals surface area contributed by atoms with Gasteiger partial charge in [0.2, 0.25) is 0 Å². The quantitative estimate of drug-likeness (QED) is 0.617. The number of nitrogens with zero attached hydrogens (tertiary/aromatic N) is 1. The summed E-state index contributed by atoms with van der Waals surface area (Å²) in [6.45, 7) is 6.38. The first-order valence-electron chi connectivity index (χ1n) is 5.04. The molecule has 0 saturated carbocycles. The highest BCUT2D eigenvalue weighted by Gasteiger charge is 2.35. The molecule has 0 bridgehead atoms. The topological polar surface area (TPSA) is 29.5 Å². The largest absolute Gasteiger partial charge is 0.466 e. The van der Waals surface area contributed by atoms with Gasteiger partial charge in [-0.25, -0.2) is 0 Å². The first-order chi connectivity index (χ1) is 6.19. The van der Waals surface area contributed by atoms with Gasteiger partial charge in [0.1, 0.15) is 0 Å². The molecule has 0 aromatic rings. The Kier molecular flexibility index (Phi) is 3.72. The Morgan fingerprint density at radius 2 is 2.15 bits per heavy atom. The SMILES string of the molecule is CCOC(=O)C1CN(C)CC1CC. The van der Waals surface area contributed by atoms with Crippen LogP contribution in [0.4, 0.5) is 0 Å². The number of hydrogen-bond donors (Lipinski definition) is 0. The van der Waals surface area contributed by atoms with Crippen LogP contribution in [-0.4, -0.2) is 37.6 Å². The fourth-order valence-electron chi connectivity index (χ4n) is 2.02. The molecule has 1 heterocycles. The van der Waals surface area contributed by atoms with Crippen LogP contribution in [0.5, 0.6) is 0 Å². The van der Waals surface area contributed by atoms with Crippen molar-refractivity contribution in [2.75, 3.05) is 26.7 Å². The minimum Gasteiger partial charge on any atom is -0.466 e. The number of hydrogen-bond acceptors (Lipinski definition) is 3. The molecule has 76 valence electrons. The van der Waals surface area contributed by atoms with Crippen LogP contribution in [-0.2, 0) is 9.53 Å². The lowest BCUT2D eigenvalue weighted by molar-refractivity contribution is -0.148. The van der Waals surface area contributed by atoms with E-state index in [9.17, 15) is 4.79 Å². The second kappa shape index (κ2) is 4.61. The number of likely N-dealkylation sites (tertiary alicyclic amines) is 1. The van der Waals surface area contributed by atoms with E-state index in [0.717, 1.165) is 19.5 Å². The molecule has 1 rings (SSSR count). The zero-order valence-electron chi connectivity index (χ0n) is 8.75. The Morgan fingerprint density at radius 3 is 2.69 bits per heavy atom. The third kappa shape index (κ3) is 2.44. The van der Waals surface area contributed by atoms with Gasteiger partial charge >= 0.3 is 5.97 Å². The summed E-state index contributed by atoms with van der Waals surface area (Å²) in [5.41, 5.74) is 0. The minimum atomic E-state index is -0.0151. The molecule has 0 radical (unpaired) electrons. The van der Waals surface area contributed by atoms with Crippen molar-refractivity contribution in [2.45, 2.75) is 20.3 Å². The fourth-order valence-corrected chi connectivity index (χ4v) is 2.02. The second-order valence-electron chi connectivity index (χ2n) is 3.75. The first kappa shape index (κ1) is 10.5. The van der Waals surface area contributed by atoms with Gasteiger partial charge in [-0.1, -0.05) is 13.3 Å². The molecule has 3 nitrogen and oxygen atoms in total. The monoisotopic (exact) mass is 185 g/mol. The lowest BCUT2D eigenvalue weighted by atomic mass is 9.94. The van der Waals surface area contributed by atoms with Crippen LogP contribution in [0.25, 0.3) is 0 Å². The van der Waals surface area contributed by atoms with Gasteiger partial charge in [0.15, 0.2) is 0 Å². The van der Waals surface area contributed by atoms with Crippen molar-refractivity contribution >= 4 is 5.97 Å². The van der Waals surface area contributed by atoms with E-state index >= 15 is 0 Å². The number of rotatable bonds is 3. The molecule has 0 aromatic heterocycles. The average Bonchev–Trinajstić information content (AvgIpc) is 2.47. The van der Waals surface area contributed by atoms with Gasteiger partial charge in [0.25, 0.3) is 0 Å². The zero-order chi connectivity index (χ0) is 9.84. The Bertz CT molecular complexity index is 182. The van der Waals surface area contributed by atoms with E-state index in [1.165, 1.54) is 0 Å². The van der Waals surface area contributed by atoms with Gasteiger partial charge in [-0.3, -0.25) is 4.79 Å². The number of esters is 1. The molecule has 2 atom stereocenters. The summed E-state index contributed by atoms with van der Waals surface area (Å²) in [5, 5.41) is 0. The smallest absolute Gasteiger partial charge is 0.310 e. The van der Waals surface area contributed by atoms with Gasteiger partial charge in [0, 0.05) is 13.1 Å². The summed E-state index contributed by atoms with van der Waals surface area (Å²) in [4.78, 5) is 13.7. The molecule has 2 unspecified atom stereocenters. The van der Waals surface area contributed by atoms with Crippen molar-refractivity contribution in [3.05, 3.63) is 0 Å². The van der Waals surface area contributed by atoms with Crippen LogP contribution in [0.2, 0.25) is 0 Å². The highest BCUT2D eigenvalue weighted by atomic mass is 16.5. The maximum Gasteiger partial charge on any atom is 0.310 e. The molecule has 1 saturated heterocycles. The summed E-state index contributed by atoms with van der Waals surface area (Å²) in [7, 11) is 2.06. The Labute approximate surface area is 80.1 Å². The Balaban J connectivity index is 2.52. The molecule has 0 spiro atoms. The Morgan fingerprint density at radius 1 is 1.46 bits per heavy atom. The molecule has 0 N–H and O–H groups in total. The minimum absolute atomic E-state index is 0.0151.